The van der Waals surface area contributed by atoms with E-state index in [0.29, 0.717) is 12.4 Å². The second kappa shape index (κ2) is 5.52. The lowest BCUT2D eigenvalue weighted by molar-refractivity contribution is -0.124. The highest BCUT2D eigenvalue weighted by Gasteiger charge is 2.40. The highest BCUT2D eigenvalue weighted by atomic mass is 16.5. The Bertz CT molecular complexity index is 470. The van der Waals surface area contributed by atoms with E-state index in [0.717, 1.165) is 31.4 Å². The summed E-state index contributed by atoms with van der Waals surface area (Å²) in [7, 11) is 1.53. The summed E-state index contributed by atoms with van der Waals surface area (Å²) in [5.41, 5.74) is 6.07. The van der Waals surface area contributed by atoms with Crippen LogP contribution in [-0.4, -0.2) is 29.5 Å². The lowest BCUT2D eigenvalue weighted by Crippen LogP contribution is -2.40. The largest absolute Gasteiger partial charge is 0.481 e. The third-order valence-corrected chi connectivity index (χ3v) is 3.70. The van der Waals surface area contributed by atoms with Crippen LogP contribution in [-0.2, 0) is 4.79 Å². The van der Waals surface area contributed by atoms with Crippen molar-refractivity contribution >= 4 is 11.9 Å². The van der Waals surface area contributed by atoms with Crippen molar-refractivity contribution in [3.63, 3.8) is 0 Å². The van der Waals surface area contributed by atoms with Gasteiger partial charge in [-0.25, -0.2) is 4.98 Å². The quantitative estimate of drug-likeness (QED) is 0.854. The van der Waals surface area contributed by atoms with E-state index in [1.165, 1.54) is 7.11 Å². The minimum absolute atomic E-state index is 0.0832. The predicted molar refractivity (Wildman–Crippen MR) is 71.9 cm³/mol. The van der Waals surface area contributed by atoms with E-state index in [-0.39, 0.29) is 11.9 Å². The van der Waals surface area contributed by atoms with Crippen molar-refractivity contribution in [3.05, 3.63) is 11.8 Å². The van der Waals surface area contributed by atoms with Gasteiger partial charge in [0.25, 0.3) is 0 Å². The number of carbonyl (C=O) groups excluding carboxylic acids is 1. The third kappa shape index (κ3) is 2.84. The number of carbonyl (C=O) groups is 1. The number of amides is 1. The second-order valence-corrected chi connectivity index (χ2v) is 5.02. The van der Waals surface area contributed by atoms with E-state index in [1.807, 2.05) is 6.92 Å². The summed E-state index contributed by atoms with van der Waals surface area (Å²) < 4.78 is 5.07. The highest BCUT2D eigenvalue weighted by Crippen LogP contribution is 2.37. The van der Waals surface area contributed by atoms with Crippen LogP contribution in [0.25, 0.3) is 0 Å². The summed E-state index contributed by atoms with van der Waals surface area (Å²) in [5, 5.41) is 2.77. The summed E-state index contributed by atoms with van der Waals surface area (Å²) in [6.07, 6.45) is 3.75. The number of nitrogens with two attached hydrogens (primary N) is 1. The van der Waals surface area contributed by atoms with E-state index in [9.17, 15) is 4.79 Å². The minimum atomic E-state index is -0.458. The van der Waals surface area contributed by atoms with E-state index in [1.54, 1.807) is 6.07 Å². The number of nitrogens with zero attached hydrogens (tertiary/aromatic N) is 2. The van der Waals surface area contributed by atoms with E-state index in [4.69, 9.17) is 10.5 Å². The van der Waals surface area contributed by atoms with Gasteiger partial charge in [-0.3, -0.25) is 10.1 Å². The second-order valence-electron chi connectivity index (χ2n) is 5.02. The molecule has 0 aliphatic heterocycles. The van der Waals surface area contributed by atoms with E-state index >= 15 is 0 Å². The number of ether oxygens (including phenoxy) is 1. The third-order valence-electron chi connectivity index (χ3n) is 3.70. The Morgan fingerprint density at radius 2 is 2.16 bits per heavy atom. The molecule has 0 unspecified atom stereocenters. The van der Waals surface area contributed by atoms with E-state index in [2.05, 4.69) is 15.3 Å². The first-order chi connectivity index (χ1) is 9.09. The predicted octanol–water partition coefficient (Wildman–Crippen LogP) is 1.25. The zero-order valence-corrected chi connectivity index (χ0v) is 11.4. The van der Waals surface area contributed by atoms with Gasteiger partial charge in [-0.1, -0.05) is 12.8 Å². The van der Waals surface area contributed by atoms with Crippen LogP contribution >= 0.6 is 0 Å². The van der Waals surface area contributed by atoms with Crippen LogP contribution < -0.4 is 15.8 Å². The van der Waals surface area contributed by atoms with Crippen LogP contribution in [0.3, 0.4) is 0 Å². The molecule has 104 valence electrons. The molecule has 1 saturated carbocycles. The molecule has 0 bridgehead atoms. The van der Waals surface area contributed by atoms with Crippen LogP contribution in [0.4, 0.5) is 5.95 Å². The van der Waals surface area contributed by atoms with Crippen LogP contribution in [0.2, 0.25) is 0 Å². The molecular weight excluding hydrogens is 244 g/mol. The fraction of sp³-hybridized carbons (Fsp3) is 0.615. The summed E-state index contributed by atoms with van der Waals surface area (Å²) in [5.74, 6) is 0.637. The fourth-order valence-electron chi connectivity index (χ4n) is 2.51. The van der Waals surface area contributed by atoms with Crippen molar-refractivity contribution in [2.45, 2.75) is 32.6 Å². The monoisotopic (exact) mass is 264 g/mol. The van der Waals surface area contributed by atoms with Gasteiger partial charge in [0, 0.05) is 18.3 Å². The smallest absolute Gasteiger partial charge is 0.234 e. The average molecular weight is 264 g/mol. The van der Waals surface area contributed by atoms with Gasteiger partial charge in [0.2, 0.25) is 17.7 Å². The molecule has 2 rings (SSSR count). The van der Waals surface area contributed by atoms with E-state index < -0.39 is 5.41 Å². The van der Waals surface area contributed by atoms with Gasteiger partial charge in [0.05, 0.1) is 12.5 Å². The number of rotatable bonds is 4. The fourth-order valence-corrected chi connectivity index (χ4v) is 2.51. The number of hydrogen-bond donors (Lipinski definition) is 2. The zero-order chi connectivity index (χ0) is 13.9. The molecule has 1 aromatic heterocycles. The Morgan fingerprint density at radius 1 is 1.47 bits per heavy atom. The number of aromatic nitrogens is 2. The molecule has 19 heavy (non-hydrogen) atoms. The molecule has 6 heteroatoms. The number of methoxy groups -OCH3 is 1. The summed E-state index contributed by atoms with van der Waals surface area (Å²) in [6.45, 7) is 2.19. The zero-order valence-electron chi connectivity index (χ0n) is 11.4. The normalized spacial score (nSPS) is 17.2. The SMILES string of the molecule is COc1cc(C)nc(NC(=O)C2(CN)CCCC2)n1. The van der Waals surface area contributed by atoms with Crippen LogP contribution in [0, 0.1) is 12.3 Å². The molecule has 1 heterocycles. The van der Waals surface area contributed by atoms with Gasteiger partial charge < -0.3 is 10.5 Å². The molecule has 1 aromatic rings. The van der Waals surface area contributed by atoms with Gasteiger partial charge in [-0.2, -0.15) is 4.98 Å². The molecule has 1 fully saturated rings. The van der Waals surface area contributed by atoms with Gasteiger partial charge in [0.15, 0.2) is 0 Å². The molecule has 1 aliphatic rings. The maximum Gasteiger partial charge on any atom is 0.234 e. The van der Waals surface area contributed by atoms with Crippen molar-refractivity contribution in [1.29, 1.82) is 0 Å². The molecule has 0 saturated heterocycles. The topological polar surface area (TPSA) is 90.1 Å². The molecule has 1 aliphatic carbocycles. The van der Waals surface area contributed by atoms with Crippen molar-refractivity contribution in [1.82, 2.24) is 9.97 Å². The van der Waals surface area contributed by atoms with Crippen LogP contribution in [0.5, 0.6) is 5.88 Å². The molecule has 0 spiro atoms. The van der Waals surface area contributed by atoms with Gasteiger partial charge >= 0.3 is 0 Å². The molecule has 0 radical (unpaired) electrons. The molecule has 6 nitrogen and oxygen atoms in total. The van der Waals surface area contributed by atoms with Crippen molar-refractivity contribution in [2.75, 3.05) is 19.0 Å². The maximum atomic E-state index is 12.4. The first-order valence-electron chi connectivity index (χ1n) is 6.51. The molecule has 1 amide bonds. The standard InChI is InChI=1S/C13H20N4O2/c1-9-7-10(19-2)16-12(15-9)17-11(18)13(8-14)5-3-4-6-13/h7H,3-6,8,14H2,1-2H3,(H,15,16,17,18). The van der Waals surface area contributed by atoms with Crippen LogP contribution in [0.15, 0.2) is 6.07 Å². The molecular formula is C13H20N4O2. The van der Waals surface area contributed by atoms with Crippen molar-refractivity contribution < 1.29 is 9.53 Å². The summed E-state index contributed by atoms with van der Waals surface area (Å²) in [4.78, 5) is 20.7. The van der Waals surface area contributed by atoms with Crippen molar-refractivity contribution in [3.8, 4) is 5.88 Å². The minimum Gasteiger partial charge on any atom is -0.481 e. The summed E-state index contributed by atoms with van der Waals surface area (Å²) in [6, 6.07) is 1.71. The Kier molecular flexibility index (Phi) is 3.99. The van der Waals surface area contributed by atoms with Gasteiger partial charge in [-0.15, -0.1) is 0 Å². The number of nitrogens with one attached hydrogen (secondary N) is 1. The lowest BCUT2D eigenvalue weighted by Gasteiger charge is -2.25. The molecule has 0 atom stereocenters. The van der Waals surface area contributed by atoms with Gasteiger partial charge in [-0.05, 0) is 19.8 Å². The average Bonchev–Trinajstić information content (AvgIpc) is 2.88. The van der Waals surface area contributed by atoms with Crippen LogP contribution in [0.1, 0.15) is 31.4 Å². The van der Waals surface area contributed by atoms with Gasteiger partial charge in [0.1, 0.15) is 0 Å². The number of aryl methyl sites for hydroxylation is 1. The lowest BCUT2D eigenvalue weighted by atomic mass is 9.85. The Balaban J connectivity index is 2.16. The first kappa shape index (κ1) is 13.7. The Labute approximate surface area is 112 Å². The molecule has 0 aromatic carbocycles. The molecule has 3 N–H and O–H groups in total. The first-order valence-corrected chi connectivity index (χ1v) is 6.51. The van der Waals surface area contributed by atoms with Crippen molar-refractivity contribution in [2.24, 2.45) is 11.1 Å². The maximum absolute atomic E-state index is 12.4. The summed E-state index contributed by atoms with van der Waals surface area (Å²) >= 11 is 0. The number of anilines is 1. The Hall–Kier alpha value is -1.69. The highest BCUT2D eigenvalue weighted by molar-refractivity contribution is 5.94. The Morgan fingerprint density at radius 3 is 2.74 bits per heavy atom. The number of hydrogen-bond acceptors (Lipinski definition) is 5.